The molecule has 17 heavy (non-hydrogen) atoms. The van der Waals surface area contributed by atoms with E-state index in [2.05, 4.69) is 48.1 Å². The summed E-state index contributed by atoms with van der Waals surface area (Å²) in [4.78, 5) is 6.64. The van der Waals surface area contributed by atoms with Gasteiger partial charge in [-0.2, -0.15) is 0 Å². The van der Waals surface area contributed by atoms with Gasteiger partial charge in [-0.3, -0.25) is 9.88 Å². The molecule has 2 atom stereocenters. The highest BCUT2D eigenvalue weighted by Crippen LogP contribution is 2.20. The van der Waals surface area contributed by atoms with Gasteiger partial charge in [0.15, 0.2) is 0 Å². The maximum atomic E-state index is 4.07. The fraction of sp³-hybridized carbons (Fsp3) is 0.643. The molecule has 94 valence electrons. The summed E-state index contributed by atoms with van der Waals surface area (Å²) in [5, 5.41) is 3.66. The molecule has 0 amide bonds. The average Bonchev–Trinajstić information content (AvgIpc) is 2.35. The highest BCUT2D eigenvalue weighted by Gasteiger charge is 2.32. The van der Waals surface area contributed by atoms with E-state index in [1.54, 1.807) is 0 Å². The fourth-order valence-electron chi connectivity index (χ4n) is 2.35. The second-order valence-corrected chi connectivity index (χ2v) is 5.40. The lowest BCUT2D eigenvalue weighted by Gasteiger charge is -2.45. The first-order valence-electron chi connectivity index (χ1n) is 6.51. The topological polar surface area (TPSA) is 28.2 Å². The van der Waals surface area contributed by atoms with Gasteiger partial charge in [0, 0.05) is 43.6 Å². The van der Waals surface area contributed by atoms with Crippen LogP contribution < -0.4 is 5.32 Å². The Kier molecular flexibility index (Phi) is 3.79. The summed E-state index contributed by atoms with van der Waals surface area (Å²) in [6, 6.07) is 4.82. The van der Waals surface area contributed by atoms with Crippen molar-refractivity contribution in [2.24, 2.45) is 0 Å². The number of pyridine rings is 1. The summed E-state index contributed by atoms with van der Waals surface area (Å²) in [6.07, 6.45) is 4.93. The van der Waals surface area contributed by atoms with Crippen LogP contribution in [0.4, 0.5) is 0 Å². The van der Waals surface area contributed by atoms with E-state index in [9.17, 15) is 0 Å². The Balaban J connectivity index is 2.04. The van der Waals surface area contributed by atoms with Crippen molar-refractivity contribution in [1.29, 1.82) is 0 Å². The number of nitrogens with one attached hydrogen (secondary N) is 1. The molecule has 1 aliphatic rings. The average molecular weight is 233 g/mol. The number of hydrogen-bond acceptors (Lipinski definition) is 3. The zero-order valence-electron chi connectivity index (χ0n) is 11.1. The molecule has 0 spiro atoms. The second kappa shape index (κ2) is 5.15. The molecule has 2 heterocycles. The van der Waals surface area contributed by atoms with Gasteiger partial charge in [-0.05, 0) is 38.0 Å². The first-order chi connectivity index (χ1) is 8.13. The standard InChI is InChI=1S/C14H23N3/c1-4-14(3)11-17(12(2)9-16-14)10-13-5-7-15-8-6-13/h5-8,12,16H,4,9-11H2,1-3H3. The highest BCUT2D eigenvalue weighted by molar-refractivity contribution is 5.10. The van der Waals surface area contributed by atoms with Crippen LogP contribution in [0.3, 0.4) is 0 Å². The Labute approximate surface area is 104 Å². The van der Waals surface area contributed by atoms with Crippen LogP contribution in [0.5, 0.6) is 0 Å². The molecular formula is C14H23N3. The third kappa shape index (κ3) is 3.05. The lowest BCUT2D eigenvalue weighted by Crippen LogP contribution is -2.61. The van der Waals surface area contributed by atoms with Crippen molar-refractivity contribution < 1.29 is 0 Å². The summed E-state index contributed by atoms with van der Waals surface area (Å²) in [5.41, 5.74) is 1.62. The van der Waals surface area contributed by atoms with Gasteiger partial charge in [-0.15, -0.1) is 0 Å². The summed E-state index contributed by atoms with van der Waals surface area (Å²) < 4.78 is 0. The molecule has 1 fully saturated rings. The van der Waals surface area contributed by atoms with Crippen LogP contribution in [0.15, 0.2) is 24.5 Å². The van der Waals surface area contributed by atoms with E-state index in [0.29, 0.717) is 6.04 Å². The molecule has 1 aromatic rings. The van der Waals surface area contributed by atoms with Crippen LogP contribution in [-0.4, -0.2) is 34.6 Å². The Morgan fingerprint density at radius 2 is 2.18 bits per heavy atom. The summed E-state index contributed by atoms with van der Waals surface area (Å²) in [5.74, 6) is 0. The summed E-state index contributed by atoms with van der Waals surface area (Å²) >= 11 is 0. The molecule has 1 saturated heterocycles. The quantitative estimate of drug-likeness (QED) is 0.866. The molecule has 3 nitrogen and oxygen atoms in total. The highest BCUT2D eigenvalue weighted by atomic mass is 15.2. The number of rotatable bonds is 3. The van der Waals surface area contributed by atoms with Crippen LogP contribution >= 0.6 is 0 Å². The van der Waals surface area contributed by atoms with Crippen molar-refractivity contribution in [1.82, 2.24) is 15.2 Å². The molecular weight excluding hydrogens is 210 g/mol. The zero-order valence-corrected chi connectivity index (χ0v) is 11.1. The maximum Gasteiger partial charge on any atom is 0.0278 e. The Morgan fingerprint density at radius 3 is 2.82 bits per heavy atom. The van der Waals surface area contributed by atoms with Crippen LogP contribution in [0.1, 0.15) is 32.8 Å². The van der Waals surface area contributed by atoms with Gasteiger partial charge >= 0.3 is 0 Å². The minimum absolute atomic E-state index is 0.263. The normalized spacial score (nSPS) is 30.4. The third-order valence-electron chi connectivity index (χ3n) is 3.92. The van der Waals surface area contributed by atoms with Crippen molar-refractivity contribution in [3.05, 3.63) is 30.1 Å². The molecule has 0 saturated carbocycles. The van der Waals surface area contributed by atoms with E-state index in [1.807, 2.05) is 12.4 Å². The van der Waals surface area contributed by atoms with Crippen LogP contribution in [0, 0.1) is 0 Å². The SMILES string of the molecule is CCC1(C)CN(Cc2ccncc2)C(C)CN1. The molecule has 3 heteroatoms. The predicted octanol–water partition coefficient (Wildman–Crippen LogP) is 2.04. The molecule has 2 unspecified atom stereocenters. The van der Waals surface area contributed by atoms with Gasteiger partial charge in [-0.1, -0.05) is 6.92 Å². The Hall–Kier alpha value is -0.930. The Morgan fingerprint density at radius 1 is 1.47 bits per heavy atom. The van der Waals surface area contributed by atoms with Crippen LogP contribution in [-0.2, 0) is 6.54 Å². The predicted molar refractivity (Wildman–Crippen MR) is 70.8 cm³/mol. The molecule has 1 N–H and O–H groups in total. The Bertz CT molecular complexity index is 352. The van der Waals surface area contributed by atoms with Gasteiger partial charge in [0.05, 0.1) is 0 Å². The number of nitrogens with zero attached hydrogens (tertiary/aromatic N) is 2. The molecule has 1 aromatic heterocycles. The number of piperazine rings is 1. The third-order valence-corrected chi connectivity index (χ3v) is 3.92. The van der Waals surface area contributed by atoms with Crippen molar-refractivity contribution >= 4 is 0 Å². The van der Waals surface area contributed by atoms with Crippen LogP contribution in [0.25, 0.3) is 0 Å². The van der Waals surface area contributed by atoms with E-state index < -0.39 is 0 Å². The molecule has 0 bridgehead atoms. The van der Waals surface area contributed by atoms with Gasteiger partial charge in [0.2, 0.25) is 0 Å². The first kappa shape index (κ1) is 12.5. The van der Waals surface area contributed by atoms with Gasteiger partial charge in [0.25, 0.3) is 0 Å². The smallest absolute Gasteiger partial charge is 0.0278 e. The first-order valence-corrected chi connectivity index (χ1v) is 6.51. The summed E-state index contributed by atoms with van der Waals surface area (Å²) in [6.45, 7) is 10.1. The van der Waals surface area contributed by atoms with Crippen molar-refractivity contribution in [3.8, 4) is 0 Å². The lowest BCUT2D eigenvalue weighted by molar-refractivity contribution is 0.0866. The van der Waals surface area contributed by atoms with E-state index in [-0.39, 0.29) is 5.54 Å². The minimum Gasteiger partial charge on any atom is -0.309 e. The number of aromatic nitrogens is 1. The molecule has 2 rings (SSSR count). The largest absolute Gasteiger partial charge is 0.309 e. The van der Waals surface area contributed by atoms with Crippen molar-refractivity contribution in [2.75, 3.05) is 13.1 Å². The summed E-state index contributed by atoms with van der Waals surface area (Å²) in [7, 11) is 0. The lowest BCUT2D eigenvalue weighted by atomic mass is 9.93. The molecule has 0 radical (unpaired) electrons. The van der Waals surface area contributed by atoms with Gasteiger partial charge < -0.3 is 5.32 Å². The van der Waals surface area contributed by atoms with Crippen LogP contribution in [0.2, 0.25) is 0 Å². The molecule has 1 aliphatic heterocycles. The van der Waals surface area contributed by atoms with E-state index in [0.717, 1.165) is 19.6 Å². The van der Waals surface area contributed by atoms with E-state index >= 15 is 0 Å². The van der Waals surface area contributed by atoms with Crippen molar-refractivity contribution in [2.45, 2.75) is 45.3 Å². The molecule has 0 aromatic carbocycles. The monoisotopic (exact) mass is 233 g/mol. The molecule has 0 aliphatic carbocycles. The number of hydrogen-bond donors (Lipinski definition) is 1. The van der Waals surface area contributed by atoms with E-state index in [1.165, 1.54) is 12.0 Å². The van der Waals surface area contributed by atoms with E-state index in [4.69, 9.17) is 0 Å². The minimum atomic E-state index is 0.263. The van der Waals surface area contributed by atoms with Crippen molar-refractivity contribution in [3.63, 3.8) is 0 Å². The second-order valence-electron chi connectivity index (χ2n) is 5.40. The van der Waals surface area contributed by atoms with Gasteiger partial charge in [0.1, 0.15) is 0 Å². The fourth-order valence-corrected chi connectivity index (χ4v) is 2.35. The zero-order chi connectivity index (χ0) is 12.3. The maximum absolute atomic E-state index is 4.07. The van der Waals surface area contributed by atoms with Gasteiger partial charge in [-0.25, -0.2) is 0 Å².